The van der Waals surface area contributed by atoms with E-state index in [9.17, 15) is 14.4 Å². The van der Waals surface area contributed by atoms with Gasteiger partial charge in [0.25, 0.3) is 0 Å². The molecule has 1 unspecified atom stereocenters. The lowest BCUT2D eigenvalue weighted by Crippen LogP contribution is -2.49. The standard InChI is InChI=1S/C31H40ClFN4O3/c1-3-39-16-14-36(15-17-40-4-2)12-13-37(30(38)35-26-8-9-29(33)28(32)20-26)27-10-11-31(21-25(31)19-27)24-7-5-6-23(18-24)22-34/h5-9,18,20,25,27H,3-4,10-17,19,21H2,1-2H3,(H,35,38)/t25?,27-,31-/m1/s1. The van der Waals surface area contributed by atoms with Crippen molar-refractivity contribution in [2.45, 2.75) is 51.0 Å². The van der Waals surface area contributed by atoms with Gasteiger partial charge in [0.15, 0.2) is 0 Å². The Labute approximate surface area is 242 Å². The maximum atomic E-state index is 13.7. The van der Waals surface area contributed by atoms with Crippen molar-refractivity contribution in [3.63, 3.8) is 0 Å². The molecule has 0 aliphatic heterocycles. The average Bonchev–Trinajstić information content (AvgIpc) is 3.70. The van der Waals surface area contributed by atoms with E-state index >= 15 is 0 Å². The van der Waals surface area contributed by atoms with Crippen LogP contribution < -0.4 is 5.32 Å². The van der Waals surface area contributed by atoms with Crippen LogP contribution in [0, 0.1) is 23.1 Å². The van der Waals surface area contributed by atoms with Gasteiger partial charge in [0, 0.05) is 51.1 Å². The Morgan fingerprint density at radius 1 is 1.12 bits per heavy atom. The first-order valence-corrected chi connectivity index (χ1v) is 14.7. The predicted octanol–water partition coefficient (Wildman–Crippen LogP) is 6.07. The Bertz CT molecular complexity index is 1180. The minimum Gasteiger partial charge on any atom is -0.380 e. The van der Waals surface area contributed by atoms with Crippen LogP contribution in [0.2, 0.25) is 5.02 Å². The number of ether oxygens (including phenoxy) is 2. The van der Waals surface area contributed by atoms with Gasteiger partial charge in [0.2, 0.25) is 0 Å². The minimum absolute atomic E-state index is 0.0256. The summed E-state index contributed by atoms with van der Waals surface area (Å²) in [5.41, 5.74) is 2.51. The third-order valence-electron chi connectivity index (χ3n) is 8.32. The molecule has 40 heavy (non-hydrogen) atoms. The van der Waals surface area contributed by atoms with Crippen molar-refractivity contribution in [2.24, 2.45) is 5.92 Å². The van der Waals surface area contributed by atoms with E-state index in [0.717, 1.165) is 38.8 Å². The number of amides is 2. The number of rotatable bonds is 14. The summed E-state index contributed by atoms with van der Waals surface area (Å²) in [6.07, 6.45) is 3.84. The molecule has 0 radical (unpaired) electrons. The number of hydrogen-bond donors (Lipinski definition) is 1. The van der Waals surface area contributed by atoms with Gasteiger partial charge in [-0.3, -0.25) is 4.90 Å². The number of urea groups is 1. The molecular weight excluding hydrogens is 531 g/mol. The fourth-order valence-electron chi connectivity index (χ4n) is 6.03. The Hall–Kier alpha value is -2.70. The fraction of sp³-hybridized carbons (Fsp3) is 0.548. The molecule has 2 amide bonds. The van der Waals surface area contributed by atoms with Crippen molar-refractivity contribution in [1.82, 2.24) is 9.80 Å². The molecule has 0 aromatic heterocycles. The highest BCUT2D eigenvalue weighted by molar-refractivity contribution is 6.31. The molecule has 216 valence electrons. The van der Waals surface area contributed by atoms with Crippen LogP contribution in [0.15, 0.2) is 42.5 Å². The Morgan fingerprint density at radius 3 is 2.52 bits per heavy atom. The lowest BCUT2D eigenvalue weighted by atomic mass is 9.80. The quantitative estimate of drug-likeness (QED) is 0.279. The molecule has 0 saturated heterocycles. The minimum atomic E-state index is -0.520. The summed E-state index contributed by atoms with van der Waals surface area (Å²) >= 11 is 5.98. The summed E-state index contributed by atoms with van der Waals surface area (Å²) in [6, 6.07) is 14.4. The van der Waals surface area contributed by atoms with Gasteiger partial charge in [0.1, 0.15) is 5.82 Å². The SMILES string of the molecule is CCOCCN(CCOCC)CCN(C(=O)Nc1ccc(F)c(Cl)c1)[C@@H]1CC[C@]2(c3cccc(C#N)c3)CC2C1. The lowest BCUT2D eigenvalue weighted by molar-refractivity contribution is 0.0752. The van der Waals surface area contributed by atoms with E-state index in [4.69, 9.17) is 21.1 Å². The first-order chi connectivity index (χ1) is 19.4. The maximum absolute atomic E-state index is 13.7. The van der Waals surface area contributed by atoms with Crippen LogP contribution in [-0.4, -0.2) is 74.5 Å². The van der Waals surface area contributed by atoms with Crippen LogP contribution >= 0.6 is 11.6 Å². The van der Waals surface area contributed by atoms with Crippen LogP contribution in [0.25, 0.3) is 0 Å². The topological polar surface area (TPSA) is 77.8 Å². The number of benzene rings is 2. The second-order valence-electron chi connectivity index (χ2n) is 10.7. The zero-order valence-electron chi connectivity index (χ0n) is 23.5. The molecule has 2 saturated carbocycles. The first-order valence-electron chi connectivity index (χ1n) is 14.3. The molecule has 0 bridgehead atoms. The molecule has 3 atom stereocenters. The maximum Gasteiger partial charge on any atom is 0.322 e. The van der Waals surface area contributed by atoms with Crippen molar-refractivity contribution in [1.29, 1.82) is 5.26 Å². The third-order valence-corrected chi connectivity index (χ3v) is 8.61. The number of halogens is 2. The molecule has 0 heterocycles. The van der Waals surface area contributed by atoms with E-state index in [1.165, 1.54) is 23.8 Å². The van der Waals surface area contributed by atoms with Gasteiger partial charge in [-0.15, -0.1) is 0 Å². The largest absolute Gasteiger partial charge is 0.380 e. The number of anilines is 1. The number of hydrogen-bond acceptors (Lipinski definition) is 5. The smallest absolute Gasteiger partial charge is 0.322 e. The summed E-state index contributed by atoms with van der Waals surface area (Å²) in [5, 5.41) is 12.3. The highest BCUT2D eigenvalue weighted by atomic mass is 35.5. The zero-order valence-corrected chi connectivity index (χ0v) is 24.3. The van der Waals surface area contributed by atoms with Crippen molar-refractivity contribution in [3.05, 3.63) is 64.4 Å². The third kappa shape index (κ3) is 7.52. The number of nitriles is 1. The highest BCUT2D eigenvalue weighted by Crippen LogP contribution is 2.62. The van der Waals surface area contributed by atoms with Crippen molar-refractivity contribution < 1.29 is 18.7 Å². The second kappa shape index (κ2) is 14.3. The molecule has 1 N–H and O–H groups in total. The van der Waals surface area contributed by atoms with Gasteiger partial charge in [0.05, 0.1) is 29.9 Å². The number of carbonyl (C=O) groups excluding carboxylic acids is 1. The van der Waals surface area contributed by atoms with Crippen LogP contribution in [0.5, 0.6) is 0 Å². The van der Waals surface area contributed by atoms with Crippen LogP contribution in [0.1, 0.15) is 50.7 Å². The van der Waals surface area contributed by atoms with E-state index in [1.54, 1.807) is 0 Å². The van der Waals surface area contributed by atoms with Crippen molar-refractivity contribution >= 4 is 23.3 Å². The number of fused-ring (bicyclic) bond motifs is 1. The van der Waals surface area contributed by atoms with Crippen LogP contribution in [0.3, 0.4) is 0 Å². The van der Waals surface area contributed by atoms with E-state index in [2.05, 4.69) is 22.4 Å². The van der Waals surface area contributed by atoms with Gasteiger partial charge < -0.3 is 19.7 Å². The Kier molecular flexibility index (Phi) is 10.8. The monoisotopic (exact) mass is 570 g/mol. The summed E-state index contributed by atoms with van der Waals surface area (Å²) in [5.74, 6) is -0.0450. The van der Waals surface area contributed by atoms with Crippen molar-refractivity contribution in [2.75, 3.05) is 57.9 Å². The van der Waals surface area contributed by atoms with E-state index in [-0.39, 0.29) is 22.5 Å². The second-order valence-corrected chi connectivity index (χ2v) is 11.1. The van der Waals surface area contributed by atoms with Crippen LogP contribution in [-0.2, 0) is 14.9 Å². The van der Waals surface area contributed by atoms with Crippen molar-refractivity contribution in [3.8, 4) is 6.07 Å². The Morgan fingerprint density at radius 2 is 1.88 bits per heavy atom. The molecule has 2 aromatic carbocycles. The van der Waals surface area contributed by atoms with E-state index in [1.807, 2.05) is 36.9 Å². The molecule has 2 aliphatic carbocycles. The number of nitrogens with zero attached hydrogens (tertiary/aromatic N) is 3. The van der Waals surface area contributed by atoms with Gasteiger partial charge in [-0.05, 0) is 86.8 Å². The Balaban J connectivity index is 1.47. The van der Waals surface area contributed by atoms with Gasteiger partial charge >= 0.3 is 6.03 Å². The molecule has 7 nitrogen and oxygen atoms in total. The molecule has 0 spiro atoms. The molecule has 2 fully saturated rings. The zero-order chi connectivity index (χ0) is 28.5. The van der Waals surface area contributed by atoms with E-state index < -0.39 is 5.82 Å². The molecule has 9 heteroatoms. The predicted molar refractivity (Wildman–Crippen MR) is 155 cm³/mol. The first kappa shape index (κ1) is 30.3. The summed E-state index contributed by atoms with van der Waals surface area (Å²) < 4.78 is 24.9. The number of carbonyl (C=O) groups is 1. The van der Waals surface area contributed by atoms with Gasteiger partial charge in [-0.25, -0.2) is 9.18 Å². The molecule has 2 aliphatic rings. The fourth-order valence-corrected chi connectivity index (χ4v) is 6.21. The summed E-state index contributed by atoms with van der Waals surface area (Å²) in [6.45, 7) is 9.29. The molecular formula is C31H40ClFN4O3. The summed E-state index contributed by atoms with van der Waals surface area (Å²) in [7, 11) is 0. The number of nitrogens with one attached hydrogen (secondary N) is 1. The molecule has 4 rings (SSSR count). The lowest BCUT2D eigenvalue weighted by Gasteiger charge is -2.38. The average molecular weight is 571 g/mol. The van der Waals surface area contributed by atoms with Gasteiger partial charge in [-0.2, -0.15) is 5.26 Å². The highest BCUT2D eigenvalue weighted by Gasteiger charge is 2.58. The molecule has 2 aromatic rings. The van der Waals surface area contributed by atoms with Crippen LogP contribution in [0.4, 0.5) is 14.9 Å². The normalized spacial score (nSPS) is 21.5. The van der Waals surface area contributed by atoms with Gasteiger partial charge in [-0.1, -0.05) is 23.7 Å². The van der Waals surface area contributed by atoms with E-state index in [0.29, 0.717) is 56.7 Å². The summed E-state index contributed by atoms with van der Waals surface area (Å²) in [4.78, 5) is 17.9.